The van der Waals surface area contributed by atoms with Gasteiger partial charge in [-0.1, -0.05) is 26.7 Å². The van der Waals surface area contributed by atoms with E-state index in [1.807, 2.05) is 0 Å². The highest BCUT2D eigenvalue weighted by atomic mass is 15.2. The van der Waals surface area contributed by atoms with Gasteiger partial charge in [0.25, 0.3) is 0 Å². The van der Waals surface area contributed by atoms with Crippen molar-refractivity contribution in [3.63, 3.8) is 0 Å². The zero-order chi connectivity index (χ0) is 12.2. The molecule has 1 fully saturated rings. The van der Waals surface area contributed by atoms with E-state index < -0.39 is 0 Å². The van der Waals surface area contributed by atoms with Crippen molar-refractivity contribution in [3.05, 3.63) is 0 Å². The standard InChI is InChI=1S/C14H30N2/c1-12(2)10-13(3)15-11-14(16(4)5)8-6-7-9-14/h12-13,15H,6-11H2,1-5H3. The van der Waals surface area contributed by atoms with E-state index in [-0.39, 0.29) is 0 Å². The van der Waals surface area contributed by atoms with E-state index in [0.29, 0.717) is 11.6 Å². The molecule has 2 nitrogen and oxygen atoms in total. The molecule has 2 heteroatoms. The SMILES string of the molecule is CC(C)CC(C)NCC1(N(C)C)CCCC1. The highest BCUT2D eigenvalue weighted by molar-refractivity contribution is 4.94. The molecule has 0 radical (unpaired) electrons. The van der Waals surface area contributed by atoms with Crippen molar-refractivity contribution in [2.45, 2.75) is 64.5 Å². The summed E-state index contributed by atoms with van der Waals surface area (Å²) in [6, 6.07) is 0.650. The quantitative estimate of drug-likeness (QED) is 0.749. The summed E-state index contributed by atoms with van der Waals surface area (Å²) in [6.45, 7) is 8.08. The van der Waals surface area contributed by atoms with E-state index in [4.69, 9.17) is 0 Å². The van der Waals surface area contributed by atoms with Crippen LogP contribution in [-0.2, 0) is 0 Å². The summed E-state index contributed by atoms with van der Waals surface area (Å²) >= 11 is 0. The van der Waals surface area contributed by atoms with Gasteiger partial charge < -0.3 is 10.2 Å². The van der Waals surface area contributed by atoms with Crippen LogP contribution in [-0.4, -0.2) is 37.1 Å². The van der Waals surface area contributed by atoms with Crippen molar-refractivity contribution in [1.82, 2.24) is 10.2 Å². The molecule has 1 saturated carbocycles. The molecule has 1 rings (SSSR count). The zero-order valence-corrected chi connectivity index (χ0v) is 11.8. The molecule has 1 atom stereocenters. The minimum Gasteiger partial charge on any atom is -0.312 e. The Balaban J connectivity index is 2.39. The fourth-order valence-corrected chi connectivity index (χ4v) is 2.97. The van der Waals surface area contributed by atoms with Crippen LogP contribution in [0.15, 0.2) is 0 Å². The molecule has 0 aromatic rings. The predicted octanol–water partition coefficient (Wildman–Crippen LogP) is 2.89. The zero-order valence-electron chi connectivity index (χ0n) is 11.8. The molecule has 96 valence electrons. The highest BCUT2D eigenvalue weighted by Crippen LogP contribution is 2.33. The van der Waals surface area contributed by atoms with Gasteiger partial charge >= 0.3 is 0 Å². The van der Waals surface area contributed by atoms with E-state index in [2.05, 4.69) is 45.1 Å². The van der Waals surface area contributed by atoms with Gasteiger partial charge in [0.1, 0.15) is 0 Å². The van der Waals surface area contributed by atoms with Crippen molar-refractivity contribution in [3.8, 4) is 0 Å². The van der Waals surface area contributed by atoms with Gasteiger partial charge in [-0.25, -0.2) is 0 Å². The lowest BCUT2D eigenvalue weighted by molar-refractivity contribution is 0.148. The third kappa shape index (κ3) is 3.74. The van der Waals surface area contributed by atoms with Crippen molar-refractivity contribution < 1.29 is 0 Å². The minimum absolute atomic E-state index is 0.436. The molecule has 0 bridgehead atoms. The van der Waals surface area contributed by atoms with Crippen molar-refractivity contribution in [2.24, 2.45) is 5.92 Å². The van der Waals surface area contributed by atoms with Gasteiger partial charge in [-0.05, 0) is 46.2 Å². The van der Waals surface area contributed by atoms with Crippen molar-refractivity contribution >= 4 is 0 Å². The first-order valence-corrected chi connectivity index (χ1v) is 6.87. The Morgan fingerprint density at radius 2 is 1.69 bits per heavy atom. The van der Waals surface area contributed by atoms with Crippen molar-refractivity contribution in [1.29, 1.82) is 0 Å². The largest absolute Gasteiger partial charge is 0.312 e. The molecule has 1 aliphatic rings. The summed E-state index contributed by atoms with van der Waals surface area (Å²) in [7, 11) is 4.47. The smallest absolute Gasteiger partial charge is 0.0327 e. The first-order chi connectivity index (χ1) is 7.46. The van der Waals surface area contributed by atoms with Crippen LogP contribution < -0.4 is 5.32 Å². The van der Waals surface area contributed by atoms with Gasteiger partial charge in [-0.15, -0.1) is 0 Å². The number of nitrogens with one attached hydrogen (secondary N) is 1. The van der Waals surface area contributed by atoms with Gasteiger partial charge in [0.05, 0.1) is 0 Å². The molecular weight excluding hydrogens is 196 g/mol. The van der Waals surface area contributed by atoms with Crippen molar-refractivity contribution in [2.75, 3.05) is 20.6 Å². The summed E-state index contributed by atoms with van der Waals surface area (Å²) < 4.78 is 0. The summed E-state index contributed by atoms with van der Waals surface area (Å²) in [4.78, 5) is 2.44. The molecule has 1 N–H and O–H groups in total. The lowest BCUT2D eigenvalue weighted by atomic mass is 9.95. The summed E-state index contributed by atoms with van der Waals surface area (Å²) in [5.74, 6) is 0.793. The Bertz CT molecular complexity index is 193. The van der Waals surface area contributed by atoms with E-state index in [1.165, 1.54) is 32.1 Å². The monoisotopic (exact) mass is 226 g/mol. The highest BCUT2D eigenvalue weighted by Gasteiger charge is 2.35. The van der Waals surface area contributed by atoms with E-state index >= 15 is 0 Å². The maximum atomic E-state index is 3.74. The van der Waals surface area contributed by atoms with Crippen LogP contribution in [0.4, 0.5) is 0 Å². The molecule has 16 heavy (non-hydrogen) atoms. The van der Waals surface area contributed by atoms with Crippen LogP contribution in [0.1, 0.15) is 52.9 Å². The molecule has 0 aliphatic heterocycles. The number of likely N-dealkylation sites (N-methyl/N-ethyl adjacent to an activating group) is 1. The Labute approximate surface area is 102 Å². The number of nitrogens with zero attached hydrogens (tertiary/aromatic N) is 1. The van der Waals surface area contributed by atoms with Gasteiger partial charge in [-0.2, -0.15) is 0 Å². The van der Waals surface area contributed by atoms with E-state index in [1.54, 1.807) is 0 Å². The average molecular weight is 226 g/mol. The third-order valence-electron chi connectivity index (χ3n) is 4.09. The Morgan fingerprint density at radius 1 is 1.12 bits per heavy atom. The topological polar surface area (TPSA) is 15.3 Å². The predicted molar refractivity (Wildman–Crippen MR) is 71.8 cm³/mol. The first-order valence-electron chi connectivity index (χ1n) is 6.87. The van der Waals surface area contributed by atoms with E-state index in [0.717, 1.165) is 12.5 Å². The second kappa shape index (κ2) is 6.02. The van der Waals surface area contributed by atoms with E-state index in [9.17, 15) is 0 Å². The Hall–Kier alpha value is -0.0800. The van der Waals surface area contributed by atoms with Gasteiger partial charge in [0, 0.05) is 18.1 Å². The fourth-order valence-electron chi connectivity index (χ4n) is 2.97. The number of hydrogen-bond acceptors (Lipinski definition) is 2. The van der Waals surface area contributed by atoms with Gasteiger partial charge in [-0.3, -0.25) is 0 Å². The molecular formula is C14H30N2. The first kappa shape index (κ1) is 14.0. The second-order valence-electron chi connectivity index (χ2n) is 6.24. The molecule has 0 spiro atoms. The third-order valence-corrected chi connectivity index (χ3v) is 4.09. The average Bonchev–Trinajstić information content (AvgIpc) is 2.63. The van der Waals surface area contributed by atoms with Crippen LogP contribution in [0.3, 0.4) is 0 Å². The molecule has 0 aromatic heterocycles. The van der Waals surface area contributed by atoms with Gasteiger partial charge in [0.15, 0.2) is 0 Å². The normalized spacial score (nSPS) is 21.9. The minimum atomic E-state index is 0.436. The maximum Gasteiger partial charge on any atom is 0.0327 e. The van der Waals surface area contributed by atoms with Crippen LogP contribution in [0.5, 0.6) is 0 Å². The Kier molecular flexibility index (Phi) is 5.26. The number of hydrogen-bond donors (Lipinski definition) is 1. The summed E-state index contributed by atoms with van der Waals surface area (Å²) in [6.07, 6.45) is 6.81. The van der Waals surface area contributed by atoms with Crippen LogP contribution in [0.2, 0.25) is 0 Å². The molecule has 0 amide bonds. The molecule has 0 heterocycles. The number of rotatable bonds is 6. The Morgan fingerprint density at radius 3 is 2.12 bits per heavy atom. The lowest BCUT2D eigenvalue weighted by Gasteiger charge is -2.37. The molecule has 0 saturated heterocycles. The van der Waals surface area contributed by atoms with Crippen LogP contribution in [0, 0.1) is 5.92 Å². The second-order valence-corrected chi connectivity index (χ2v) is 6.24. The molecule has 1 aliphatic carbocycles. The van der Waals surface area contributed by atoms with Crippen LogP contribution in [0.25, 0.3) is 0 Å². The van der Waals surface area contributed by atoms with Gasteiger partial charge in [0.2, 0.25) is 0 Å². The molecule has 0 aromatic carbocycles. The summed E-state index contributed by atoms with van der Waals surface area (Å²) in [5.41, 5.74) is 0.436. The summed E-state index contributed by atoms with van der Waals surface area (Å²) in [5, 5.41) is 3.74. The molecule has 1 unspecified atom stereocenters. The lowest BCUT2D eigenvalue weighted by Crippen LogP contribution is -2.51. The maximum absolute atomic E-state index is 3.74. The fraction of sp³-hybridized carbons (Fsp3) is 1.00. The van der Waals surface area contributed by atoms with Crippen LogP contribution >= 0.6 is 0 Å².